The summed E-state index contributed by atoms with van der Waals surface area (Å²) in [6.07, 6.45) is 0. The van der Waals surface area contributed by atoms with Crippen LogP contribution in [0.15, 0.2) is 39.9 Å². The summed E-state index contributed by atoms with van der Waals surface area (Å²) in [7, 11) is 0. The molecule has 0 radical (unpaired) electrons. The third-order valence-electron chi connectivity index (χ3n) is 2.26. The Morgan fingerprint density at radius 2 is 1.55 bits per heavy atom. The van der Waals surface area contributed by atoms with Crippen LogP contribution < -0.4 is 27.1 Å². The summed E-state index contributed by atoms with van der Waals surface area (Å²) in [6, 6.07) is 8.69. The first-order chi connectivity index (χ1) is 9.58. The van der Waals surface area contributed by atoms with E-state index in [0.29, 0.717) is 5.69 Å². The molecule has 2 rings (SSSR count). The number of aromatic nitrogens is 2. The van der Waals surface area contributed by atoms with E-state index in [0.717, 1.165) is 0 Å². The number of hydrogen-bond donors (Lipinski definition) is 4. The summed E-state index contributed by atoms with van der Waals surface area (Å²) in [5, 5.41) is 12.0. The molecule has 0 spiro atoms. The van der Waals surface area contributed by atoms with Gasteiger partial charge in [-0.15, -0.1) is 0 Å². The molecule has 120 valence electrons. The van der Waals surface area contributed by atoms with Crippen LogP contribution in [0.3, 0.4) is 0 Å². The molecule has 0 aliphatic heterocycles. The van der Waals surface area contributed by atoms with Crippen LogP contribution >= 0.6 is 0 Å². The Balaban J connectivity index is 0. The number of H-pyrrole nitrogens is 2. The molecule has 0 unspecified atom stereocenters. The first kappa shape index (κ1) is 22.2. The summed E-state index contributed by atoms with van der Waals surface area (Å²) in [4.78, 5) is 27.7. The molecule has 7 heteroatoms. The molecule has 0 aliphatic carbocycles. The van der Waals surface area contributed by atoms with Crippen molar-refractivity contribution in [1.82, 2.24) is 9.97 Å². The van der Waals surface area contributed by atoms with Crippen molar-refractivity contribution in [3.05, 3.63) is 69.2 Å². The van der Waals surface area contributed by atoms with Crippen molar-refractivity contribution in [1.29, 1.82) is 0 Å². The van der Waals surface area contributed by atoms with E-state index >= 15 is 0 Å². The fourth-order valence-electron chi connectivity index (χ4n) is 1.47. The zero-order valence-corrected chi connectivity index (χ0v) is 15.7. The molecule has 0 aliphatic rings. The summed E-state index contributed by atoms with van der Waals surface area (Å²) in [5.41, 5.74) is -0.761. The third-order valence-corrected chi connectivity index (χ3v) is 2.26. The Morgan fingerprint density at radius 3 is 2.00 bits per heavy atom. The van der Waals surface area contributed by atoms with E-state index in [-0.39, 0.29) is 39.2 Å². The van der Waals surface area contributed by atoms with Crippen LogP contribution in [0, 0.1) is 7.43 Å². The van der Waals surface area contributed by atoms with Crippen molar-refractivity contribution in [3.63, 3.8) is 0 Å². The molecule has 0 saturated heterocycles. The molecular formula is C15H20N3O3W-. The molecule has 1 aromatic heterocycles. The largest absolute Gasteiger partial charge is 0.494 e. The molecule has 1 heterocycles. The van der Waals surface area contributed by atoms with Gasteiger partial charge in [-0.1, -0.05) is 38.6 Å². The number of aromatic amines is 2. The smallest absolute Gasteiger partial charge is 0.267 e. The zero-order chi connectivity index (χ0) is 15.1. The van der Waals surface area contributed by atoms with Crippen molar-refractivity contribution in [2.75, 3.05) is 5.32 Å². The van der Waals surface area contributed by atoms with E-state index in [1.807, 2.05) is 13.8 Å². The van der Waals surface area contributed by atoms with Crippen LogP contribution in [0.5, 0.6) is 0 Å². The van der Waals surface area contributed by atoms with Gasteiger partial charge in [0.05, 0.1) is 0 Å². The van der Waals surface area contributed by atoms with E-state index in [4.69, 9.17) is 0 Å². The summed E-state index contributed by atoms with van der Waals surface area (Å²) in [6.45, 7) is 7.40. The summed E-state index contributed by atoms with van der Waals surface area (Å²) in [5.74, 6) is -0.510. The molecule has 0 amide bonds. The van der Waals surface area contributed by atoms with E-state index in [2.05, 4.69) is 21.9 Å². The fourth-order valence-corrected chi connectivity index (χ4v) is 1.47. The van der Waals surface area contributed by atoms with Crippen LogP contribution in [0.25, 0.3) is 12.5 Å². The number of para-hydroxylation sites is 1. The second-order valence-electron chi connectivity index (χ2n) is 3.60. The number of nitrogens with one attached hydrogen (secondary N) is 3. The van der Waals surface area contributed by atoms with Crippen LogP contribution in [0.2, 0.25) is 0 Å². The van der Waals surface area contributed by atoms with E-state index in [1.54, 1.807) is 30.3 Å². The number of benzene rings is 1. The van der Waals surface area contributed by atoms with Crippen LogP contribution in [-0.2, 0) is 21.1 Å². The minimum absolute atomic E-state index is 0. The van der Waals surface area contributed by atoms with Gasteiger partial charge in [0.1, 0.15) is 5.48 Å². The third kappa shape index (κ3) is 5.74. The Kier molecular flexibility index (Phi) is 10.7. The van der Waals surface area contributed by atoms with Gasteiger partial charge in [-0.3, -0.25) is 9.59 Å². The van der Waals surface area contributed by atoms with Gasteiger partial charge >= 0.3 is 0 Å². The van der Waals surface area contributed by atoms with Gasteiger partial charge in [-0.25, -0.2) is 0 Å². The molecule has 22 heavy (non-hydrogen) atoms. The zero-order valence-electron chi connectivity index (χ0n) is 12.8. The molecular weight excluding hydrogens is 454 g/mol. The predicted octanol–water partition coefficient (Wildman–Crippen LogP) is 0.683. The van der Waals surface area contributed by atoms with Crippen molar-refractivity contribution >= 4 is 18.1 Å². The van der Waals surface area contributed by atoms with Gasteiger partial charge in [0.15, 0.2) is 5.22 Å². The molecule has 0 fully saturated rings. The summed E-state index contributed by atoms with van der Waals surface area (Å²) >= 11 is 0. The Morgan fingerprint density at radius 1 is 1.09 bits per heavy atom. The van der Waals surface area contributed by atoms with Crippen LogP contribution in [0.4, 0.5) is 5.69 Å². The molecule has 1 aromatic carbocycles. The fraction of sp³-hybridized carbons (Fsp3) is 0.133. The van der Waals surface area contributed by atoms with Gasteiger partial charge in [-0.05, 0) is 12.1 Å². The summed E-state index contributed by atoms with van der Waals surface area (Å²) < 4.78 is 0. The quantitative estimate of drug-likeness (QED) is 0.482. The van der Waals surface area contributed by atoms with Gasteiger partial charge in [-0.2, -0.15) is 0 Å². The minimum atomic E-state index is -0.704. The van der Waals surface area contributed by atoms with Gasteiger partial charge in [0.2, 0.25) is 5.88 Å². The second kappa shape index (κ2) is 10.6. The van der Waals surface area contributed by atoms with Crippen molar-refractivity contribution in [2.45, 2.75) is 13.8 Å². The second-order valence-corrected chi connectivity index (χ2v) is 3.60. The average molecular weight is 474 g/mol. The maximum atomic E-state index is 11.6. The maximum Gasteiger partial charge on any atom is 0.267 e. The van der Waals surface area contributed by atoms with E-state index in [9.17, 15) is 14.7 Å². The monoisotopic (exact) mass is 474 g/mol. The van der Waals surface area contributed by atoms with Crippen LogP contribution in [0.1, 0.15) is 13.8 Å². The molecule has 2 aromatic rings. The predicted molar refractivity (Wildman–Crippen MR) is 86.3 cm³/mol. The topological polar surface area (TPSA) is 98.0 Å². The first-order valence-electron chi connectivity index (χ1n) is 6.15. The van der Waals surface area contributed by atoms with Gasteiger partial charge in [0, 0.05) is 26.8 Å². The van der Waals surface area contributed by atoms with Gasteiger partial charge in [0.25, 0.3) is 11.1 Å². The van der Waals surface area contributed by atoms with Crippen LogP contribution in [-0.4, -0.2) is 15.1 Å². The molecule has 6 nitrogen and oxygen atoms in total. The number of aliphatic hydroxyl groups excluding tert-OH is 1. The standard InChI is InChI=1S/C12H11N3O3.C2H6.CH3.W/c1-7-13-10(16)9(11(17)14-7)12(18)15-8-5-3-2-4-6-8;1-2;;/h2-6,15,18H,1H2,(H,13,16)(H,14,17);1-2H3;1H3;/q;;-1;. The maximum absolute atomic E-state index is 11.6. The Bertz CT molecular complexity index is 745. The molecule has 0 saturated carbocycles. The number of rotatable bonds is 2. The Labute approximate surface area is 142 Å². The number of hydrogen-bond acceptors (Lipinski definition) is 4. The Hall–Kier alpha value is -2.07. The molecule has 0 atom stereocenters. The van der Waals surface area contributed by atoms with Crippen molar-refractivity contribution < 1.29 is 26.2 Å². The van der Waals surface area contributed by atoms with Crippen molar-refractivity contribution in [2.24, 2.45) is 0 Å². The SMILES string of the molecule is C=c1[nH]c(=O)c(=C(O)Nc2ccccc2)c(=O)[nH]1.CC.[CH3-].[W]. The van der Waals surface area contributed by atoms with E-state index < -0.39 is 17.0 Å². The van der Waals surface area contributed by atoms with Gasteiger partial charge < -0.3 is 27.8 Å². The average Bonchev–Trinajstić information content (AvgIpc) is 2.41. The number of aliphatic hydroxyl groups is 1. The molecule has 0 bridgehead atoms. The minimum Gasteiger partial charge on any atom is -0.494 e. The van der Waals surface area contributed by atoms with E-state index in [1.165, 1.54) is 0 Å². The number of anilines is 1. The molecule has 4 N–H and O–H groups in total. The first-order valence-corrected chi connectivity index (χ1v) is 6.15. The normalized spacial score (nSPS) is 8.45. The van der Waals surface area contributed by atoms with Crippen molar-refractivity contribution in [3.8, 4) is 0 Å².